The lowest BCUT2D eigenvalue weighted by Crippen LogP contribution is -2.22. The summed E-state index contributed by atoms with van der Waals surface area (Å²) < 4.78 is 11.1. The van der Waals surface area contributed by atoms with Gasteiger partial charge < -0.3 is 16.4 Å². The maximum absolute atomic E-state index is 11.3. The summed E-state index contributed by atoms with van der Waals surface area (Å²) >= 11 is 0. The van der Waals surface area contributed by atoms with Gasteiger partial charge in [0.1, 0.15) is 0 Å². The van der Waals surface area contributed by atoms with Gasteiger partial charge in [0.15, 0.2) is 0 Å². The van der Waals surface area contributed by atoms with Gasteiger partial charge in [0.2, 0.25) is 5.91 Å². The molecule has 98 valence electrons. The number of carbonyl (C=O) groups excluding carboxylic acids is 1. The third-order valence-corrected chi connectivity index (χ3v) is 3.76. The minimum Gasteiger partial charge on any atom is -0.397 e. The predicted molar refractivity (Wildman–Crippen MR) is 75.2 cm³/mol. The predicted octanol–water partition coefficient (Wildman–Crippen LogP) is 0.942. The highest BCUT2D eigenvalue weighted by Crippen LogP contribution is 2.31. The minimum absolute atomic E-state index is 0.00994. The van der Waals surface area contributed by atoms with Crippen LogP contribution in [0.2, 0.25) is 0 Å². The van der Waals surface area contributed by atoms with Crippen molar-refractivity contribution in [2.75, 3.05) is 28.4 Å². The second-order valence-corrected chi connectivity index (χ2v) is 6.09. The fourth-order valence-electron chi connectivity index (χ4n) is 2.08. The van der Waals surface area contributed by atoms with Crippen molar-refractivity contribution in [1.82, 2.24) is 0 Å². The quantitative estimate of drug-likeness (QED) is 0.709. The van der Waals surface area contributed by atoms with Crippen molar-refractivity contribution in [1.29, 1.82) is 0 Å². The molecule has 2 unspecified atom stereocenters. The Hall–Kier alpha value is -1.56. The summed E-state index contributed by atoms with van der Waals surface area (Å²) in [6.07, 6.45) is 2.05. The number of hydrogen-bond donors (Lipinski definition) is 3. The summed E-state index contributed by atoms with van der Waals surface area (Å²) in [7, 11) is -0.854. The van der Waals surface area contributed by atoms with Gasteiger partial charge in [-0.15, -0.1) is 0 Å². The molecule has 0 saturated heterocycles. The number of nitrogen functional groups attached to an aromatic ring is 1. The van der Waals surface area contributed by atoms with Crippen LogP contribution in [0.15, 0.2) is 12.1 Å². The number of fused-ring (bicyclic) bond motifs is 1. The molecule has 0 spiro atoms. The number of amides is 1. The molecule has 18 heavy (non-hydrogen) atoms. The van der Waals surface area contributed by atoms with Crippen molar-refractivity contribution in [3.63, 3.8) is 0 Å². The molecule has 0 aliphatic carbocycles. The summed E-state index contributed by atoms with van der Waals surface area (Å²) in [5.74, 6) is 0.548. The Balaban J connectivity index is 2.17. The Morgan fingerprint density at radius 2 is 2.28 bits per heavy atom. The lowest BCUT2D eigenvalue weighted by molar-refractivity contribution is -0.115. The number of nitrogens with one attached hydrogen (secondary N) is 2. The van der Waals surface area contributed by atoms with Crippen LogP contribution in [-0.4, -0.2) is 28.2 Å². The van der Waals surface area contributed by atoms with E-state index in [4.69, 9.17) is 5.73 Å². The van der Waals surface area contributed by atoms with E-state index in [1.54, 1.807) is 6.26 Å². The van der Waals surface area contributed by atoms with Crippen molar-refractivity contribution in [3.05, 3.63) is 17.7 Å². The number of rotatable bonds is 4. The molecule has 0 bridgehead atoms. The van der Waals surface area contributed by atoms with Crippen LogP contribution in [0.25, 0.3) is 0 Å². The lowest BCUT2D eigenvalue weighted by atomic mass is 10.1. The Morgan fingerprint density at radius 3 is 2.94 bits per heavy atom. The standard InChI is InChI=1S/C12H17N3O2S/c1-7(6-18(2)17)14-11-5-10-8(3-9(11)13)4-12(16)15-10/h3,5,7,14H,4,6,13H2,1-2H3,(H,15,16). The fraction of sp³-hybridized carbons (Fsp3) is 0.417. The van der Waals surface area contributed by atoms with Gasteiger partial charge in [-0.3, -0.25) is 9.00 Å². The van der Waals surface area contributed by atoms with Crippen LogP contribution < -0.4 is 16.4 Å². The number of benzene rings is 1. The normalized spacial score (nSPS) is 16.9. The molecule has 4 N–H and O–H groups in total. The highest BCUT2D eigenvalue weighted by molar-refractivity contribution is 7.84. The largest absolute Gasteiger partial charge is 0.397 e. The second-order valence-electron chi connectivity index (χ2n) is 4.61. The van der Waals surface area contributed by atoms with Gasteiger partial charge in [0.05, 0.1) is 17.8 Å². The SMILES string of the molecule is CC(CS(C)=O)Nc1cc2c(cc1N)CC(=O)N2. The molecule has 0 aromatic heterocycles. The first kappa shape index (κ1) is 12.9. The van der Waals surface area contributed by atoms with Crippen LogP contribution in [0.1, 0.15) is 12.5 Å². The molecule has 2 atom stereocenters. The third kappa shape index (κ3) is 2.81. The summed E-state index contributed by atoms with van der Waals surface area (Å²) in [4.78, 5) is 11.3. The van der Waals surface area contributed by atoms with E-state index in [0.29, 0.717) is 17.9 Å². The second kappa shape index (κ2) is 4.97. The fourth-order valence-corrected chi connectivity index (χ4v) is 2.87. The molecule has 0 fully saturated rings. The van der Waals surface area contributed by atoms with Crippen molar-refractivity contribution < 1.29 is 9.00 Å². The number of carbonyl (C=O) groups is 1. The monoisotopic (exact) mass is 267 g/mol. The zero-order chi connectivity index (χ0) is 13.3. The van der Waals surface area contributed by atoms with E-state index in [9.17, 15) is 9.00 Å². The van der Waals surface area contributed by atoms with Gasteiger partial charge in [0.25, 0.3) is 0 Å². The van der Waals surface area contributed by atoms with E-state index in [1.807, 2.05) is 19.1 Å². The first-order valence-corrected chi connectivity index (χ1v) is 7.47. The van der Waals surface area contributed by atoms with Crippen LogP contribution in [0, 0.1) is 0 Å². The summed E-state index contributed by atoms with van der Waals surface area (Å²) in [5, 5.41) is 6.00. The van der Waals surface area contributed by atoms with Gasteiger partial charge in [-0.1, -0.05) is 0 Å². The molecule has 6 heteroatoms. The highest BCUT2D eigenvalue weighted by atomic mass is 32.2. The average Bonchev–Trinajstić information content (AvgIpc) is 2.56. The maximum atomic E-state index is 11.3. The molecule has 0 saturated carbocycles. The van der Waals surface area contributed by atoms with Crippen molar-refractivity contribution in [2.45, 2.75) is 19.4 Å². The molecule has 1 aromatic carbocycles. The maximum Gasteiger partial charge on any atom is 0.228 e. The molecule has 1 heterocycles. The van der Waals surface area contributed by atoms with Crippen molar-refractivity contribution in [3.8, 4) is 0 Å². The van der Waals surface area contributed by atoms with E-state index < -0.39 is 10.8 Å². The molecule has 1 aliphatic rings. The summed E-state index contributed by atoms with van der Waals surface area (Å²) in [5.41, 5.74) is 9.06. The first-order chi connectivity index (χ1) is 8.45. The summed E-state index contributed by atoms with van der Waals surface area (Å²) in [6, 6.07) is 3.71. The molecule has 0 radical (unpaired) electrons. The Labute approximate surface area is 109 Å². The number of anilines is 3. The third-order valence-electron chi connectivity index (χ3n) is 2.79. The van der Waals surface area contributed by atoms with Gasteiger partial charge in [0, 0.05) is 34.5 Å². The molecule has 1 amide bonds. The van der Waals surface area contributed by atoms with Gasteiger partial charge in [-0.05, 0) is 24.6 Å². The summed E-state index contributed by atoms with van der Waals surface area (Å²) in [6.45, 7) is 1.95. The topological polar surface area (TPSA) is 84.2 Å². The zero-order valence-electron chi connectivity index (χ0n) is 10.4. The molecule has 1 aliphatic heterocycles. The van der Waals surface area contributed by atoms with Gasteiger partial charge in [-0.2, -0.15) is 0 Å². The number of nitrogens with two attached hydrogens (primary N) is 1. The molecular formula is C12H17N3O2S. The van der Waals surface area contributed by atoms with Gasteiger partial charge in [-0.25, -0.2) is 0 Å². The molecule has 2 rings (SSSR count). The van der Waals surface area contributed by atoms with E-state index in [2.05, 4.69) is 10.6 Å². The van der Waals surface area contributed by atoms with Crippen molar-refractivity contribution >= 4 is 33.8 Å². The number of hydrogen-bond acceptors (Lipinski definition) is 4. The Bertz CT molecular complexity index is 516. The zero-order valence-corrected chi connectivity index (χ0v) is 11.3. The van der Waals surface area contributed by atoms with Crippen LogP contribution in [0.3, 0.4) is 0 Å². The molecular weight excluding hydrogens is 250 g/mol. The van der Waals surface area contributed by atoms with E-state index >= 15 is 0 Å². The van der Waals surface area contributed by atoms with E-state index in [-0.39, 0.29) is 11.9 Å². The van der Waals surface area contributed by atoms with E-state index in [1.165, 1.54) is 0 Å². The molecule has 5 nitrogen and oxygen atoms in total. The highest BCUT2D eigenvalue weighted by Gasteiger charge is 2.19. The van der Waals surface area contributed by atoms with Crippen LogP contribution in [0.5, 0.6) is 0 Å². The molecule has 1 aromatic rings. The first-order valence-electron chi connectivity index (χ1n) is 5.74. The smallest absolute Gasteiger partial charge is 0.228 e. The van der Waals surface area contributed by atoms with E-state index in [0.717, 1.165) is 16.9 Å². The van der Waals surface area contributed by atoms with Crippen molar-refractivity contribution in [2.24, 2.45) is 0 Å². The minimum atomic E-state index is -0.854. The Kier molecular flexibility index (Phi) is 3.56. The lowest BCUT2D eigenvalue weighted by Gasteiger charge is -2.16. The van der Waals surface area contributed by atoms with Crippen LogP contribution in [-0.2, 0) is 22.0 Å². The van der Waals surface area contributed by atoms with Crippen LogP contribution >= 0.6 is 0 Å². The average molecular weight is 267 g/mol. The van der Waals surface area contributed by atoms with Gasteiger partial charge >= 0.3 is 0 Å². The van der Waals surface area contributed by atoms with Crippen LogP contribution in [0.4, 0.5) is 17.1 Å². The Morgan fingerprint density at radius 1 is 1.56 bits per heavy atom.